The van der Waals surface area contributed by atoms with Gasteiger partial charge in [-0.25, -0.2) is 13.6 Å². The molecule has 1 unspecified atom stereocenters. The number of rotatable bonds is 8. The summed E-state index contributed by atoms with van der Waals surface area (Å²) in [5.41, 5.74) is 1.16. The van der Waals surface area contributed by atoms with Gasteiger partial charge >= 0.3 is 6.61 Å². The van der Waals surface area contributed by atoms with Crippen LogP contribution in [0.25, 0.3) is 11.4 Å². The molecule has 11 heteroatoms. The summed E-state index contributed by atoms with van der Waals surface area (Å²) < 4.78 is 57.7. The van der Waals surface area contributed by atoms with Crippen molar-refractivity contribution in [2.24, 2.45) is 5.14 Å². The first-order valence-corrected chi connectivity index (χ1v) is 10.4. The predicted molar refractivity (Wildman–Crippen MR) is 104 cm³/mol. The lowest BCUT2D eigenvalue weighted by Crippen LogP contribution is -2.22. The summed E-state index contributed by atoms with van der Waals surface area (Å²) in [6.07, 6.45) is 0. The molecule has 0 bridgehead atoms. The average molecular weight is 438 g/mol. The molecule has 0 saturated carbocycles. The van der Waals surface area contributed by atoms with E-state index in [1.54, 1.807) is 30.3 Å². The van der Waals surface area contributed by atoms with Gasteiger partial charge in [0.1, 0.15) is 5.75 Å². The van der Waals surface area contributed by atoms with Gasteiger partial charge in [-0.1, -0.05) is 29.4 Å². The van der Waals surface area contributed by atoms with E-state index in [0.29, 0.717) is 5.56 Å². The molecule has 0 amide bonds. The second-order valence-electron chi connectivity index (χ2n) is 6.59. The van der Waals surface area contributed by atoms with Gasteiger partial charge in [0.2, 0.25) is 21.7 Å². The van der Waals surface area contributed by atoms with Crippen LogP contribution in [0, 0.1) is 0 Å². The Balaban J connectivity index is 1.73. The Morgan fingerprint density at radius 1 is 1.17 bits per heavy atom. The Kier molecular flexibility index (Phi) is 6.44. The predicted octanol–water partition coefficient (Wildman–Crippen LogP) is 3.18. The fourth-order valence-corrected chi connectivity index (χ4v) is 3.33. The number of para-hydroxylation sites is 1. The van der Waals surface area contributed by atoms with Gasteiger partial charge in [-0.05, 0) is 43.8 Å². The van der Waals surface area contributed by atoms with Gasteiger partial charge in [0.15, 0.2) is 0 Å². The number of primary sulfonamides is 1. The van der Waals surface area contributed by atoms with Crippen molar-refractivity contribution in [2.75, 3.05) is 7.05 Å². The Bertz CT molecular complexity index is 1100. The quantitative estimate of drug-likeness (QED) is 0.575. The number of hydrogen-bond acceptors (Lipinski definition) is 7. The first-order chi connectivity index (χ1) is 14.1. The van der Waals surface area contributed by atoms with Gasteiger partial charge in [0.05, 0.1) is 17.0 Å². The summed E-state index contributed by atoms with van der Waals surface area (Å²) in [7, 11) is -1.92. The molecular formula is C19H20F2N4O4S. The molecule has 0 aliphatic carbocycles. The van der Waals surface area contributed by atoms with Crippen LogP contribution < -0.4 is 9.88 Å². The third-order valence-corrected chi connectivity index (χ3v) is 5.48. The molecule has 0 spiro atoms. The minimum Gasteiger partial charge on any atom is -0.434 e. The molecule has 1 heterocycles. The third kappa shape index (κ3) is 5.17. The maximum absolute atomic E-state index is 12.6. The van der Waals surface area contributed by atoms with Gasteiger partial charge in [0.25, 0.3) is 0 Å². The second kappa shape index (κ2) is 8.86. The van der Waals surface area contributed by atoms with Crippen LogP contribution in [-0.4, -0.2) is 37.1 Å². The molecule has 30 heavy (non-hydrogen) atoms. The topological polar surface area (TPSA) is 112 Å². The maximum atomic E-state index is 12.6. The van der Waals surface area contributed by atoms with Crippen molar-refractivity contribution in [1.82, 2.24) is 15.0 Å². The van der Waals surface area contributed by atoms with Crippen molar-refractivity contribution in [3.8, 4) is 17.1 Å². The fourth-order valence-electron chi connectivity index (χ4n) is 2.82. The van der Waals surface area contributed by atoms with E-state index < -0.39 is 16.6 Å². The summed E-state index contributed by atoms with van der Waals surface area (Å²) in [6, 6.07) is 12.3. The molecule has 0 aliphatic rings. The van der Waals surface area contributed by atoms with Crippen LogP contribution in [0.1, 0.15) is 24.4 Å². The summed E-state index contributed by atoms with van der Waals surface area (Å²) in [6.45, 7) is -0.761. The van der Waals surface area contributed by atoms with E-state index >= 15 is 0 Å². The van der Waals surface area contributed by atoms with Crippen LogP contribution in [0.15, 0.2) is 57.9 Å². The number of ether oxygens (including phenoxy) is 1. The van der Waals surface area contributed by atoms with E-state index in [4.69, 9.17) is 9.66 Å². The maximum Gasteiger partial charge on any atom is 0.387 e. The summed E-state index contributed by atoms with van der Waals surface area (Å²) in [4.78, 5) is 6.21. The number of hydrogen-bond donors (Lipinski definition) is 1. The van der Waals surface area contributed by atoms with Crippen molar-refractivity contribution in [1.29, 1.82) is 0 Å². The first-order valence-electron chi connectivity index (χ1n) is 8.85. The summed E-state index contributed by atoms with van der Waals surface area (Å²) in [5, 5.41) is 8.98. The molecule has 0 aliphatic heterocycles. The van der Waals surface area contributed by atoms with Crippen molar-refractivity contribution in [3.05, 3.63) is 60.0 Å². The van der Waals surface area contributed by atoms with Gasteiger partial charge < -0.3 is 9.26 Å². The molecule has 0 fully saturated rings. The van der Waals surface area contributed by atoms with Crippen molar-refractivity contribution in [3.63, 3.8) is 0 Å². The zero-order chi connectivity index (χ0) is 21.9. The lowest BCUT2D eigenvalue weighted by Gasteiger charge is -2.23. The smallest absolute Gasteiger partial charge is 0.387 e. The SMILES string of the molecule is CC(c1ccc(S(N)(=O)=O)cc1)N(C)Cc1nc(-c2ccccc2OC(F)F)no1. The highest BCUT2D eigenvalue weighted by atomic mass is 32.2. The Labute approximate surface area is 172 Å². The van der Waals surface area contributed by atoms with E-state index in [1.807, 2.05) is 18.9 Å². The van der Waals surface area contributed by atoms with Crippen LogP contribution in [0.2, 0.25) is 0 Å². The Morgan fingerprint density at radius 3 is 2.47 bits per heavy atom. The molecule has 1 atom stereocenters. The molecular weight excluding hydrogens is 418 g/mol. The van der Waals surface area contributed by atoms with E-state index in [1.165, 1.54) is 18.2 Å². The van der Waals surface area contributed by atoms with E-state index in [0.717, 1.165) is 5.56 Å². The van der Waals surface area contributed by atoms with E-state index in [2.05, 4.69) is 14.9 Å². The fraction of sp³-hybridized carbons (Fsp3) is 0.263. The third-order valence-electron chi connectivity index (χ3n) is 4.55. The molecule has 8 nitrogen and oxygen atoms in total. The van der Waals surface area contributed by atoms with Gasteiger partial charge in [-0.15, -0.1) is 0 Å². The Morgan fingerprint density at radius 2 is 1.83 bits per heavy atom. The first kappa shape index (κ1) is 21.8. The standard InChI is InChI=1S/C19H20F2N4O4S/c1-12(13-7-9-14(10-8-13)30(22,26)27)25(2)11-17-23-18(24-29-17)15-5-3-4-6-16(15)28-19(20)21/h3-10,12,19H,11H2,1-2H3,(H2,22,26,27). The zero-order valence-corrected chi connectivity index (χ0v) is 17.0. The van der Waals surface area contributed by atoms with Crippen LogP contribution in [0.5, 0.6) is 5.75 Å². The van der Waals surface area contributed by atoms with Crippen molar-refractivity contribution >= 4 is 10.0 Å². The number of sulfonamides is 1. The van der Waals surface area contributed by atoms with E-state index in [9.17, 15) is 17.2 Å². The highest BCUT2D eigenvalue weighted by molar-refractivity contribution is 7.89. The number of nitrogens with zero attached hydrogens (tertiary/aromatic N) is 3. The average Bonchev–Trinajstić information content (AvgIpc) is 3.15. The van der Waals surface area contributed by atoms with Gasteiger partial charge in [-0.2, -0.15) is 13.8 Å². The Hall–Kier alpha value is -2.89. The molecule has 0 radical (unpaired) electrons. The minimum atomic E-state index is -3.75. The molecule has 160 valence electrons. The molecule has 2 aromatic carbocycles. The normalized spacial score (nSPS) is 13.0. The zero-order valence-electron chi connectivity index (χ0n) is 16.2. The van der Waals surface area contributed by atoms with Crippen LogP contribution in [-0.2, 0) is 16.6 Å². The van der Waals surface area contributed by atoms with Crippen molar-refractivity contribution in [2.45, 2.75) is 31.0 Å². The second-order valence-corrected chi connectivity index (χ2v) is 8.15. The number of alkyl halides is 2. The van der Waals surface area contributed by atoms with E-state index in [-0.39, 0.29) is 34.9 Å². The highest BCUT2D eigenvalue weighted by Gasteiger charge is 2.19. The van der Waals surface area contributed by atoms with Crippen LogP contribution >= 0.6 is 0 Å². The molecule has 3 rings (SSSR count). The van der Waals surface area contributed by atoms with Crippen molar-refractivity contribution < 1.29 is 26.5 Å². The minimum absolute atomic E-state index is 0.0346. The largest absolute Gasteiger partial charge is 0.434 e. The molecule has 2 N–H and O–H groups in total. The number of aromatic nitrogens is 2. The summed E-state index contributed by atoms with van der Waals surface area (Å²) in [5.74, 6) is 0.378. The number of benzene rings is 2. The molecule has 3 aromatic rings. The molecule has 0 saturated heterocycles. The van der Waals surface area contributed by atoms with Crippen LogP contribution in [0.4, 0.5) is 8.78 Å². The lowest BCUT2D eigenvalue weighted by atomic mass is 10.1. The summed E-state index contributed by atoms with van der Waals surface area (Å²) >= 11 is 0. The van der Waals surface area contributed by atoms with Crippen LogP contribution in [0.3, 0.4) is 0 Å². The molecule has 1 aromatic heterocycles. The highest BCUT2D eigenvalue weighted by Crippen LogP contribution is 2.29. The number of halogens is 2. The van der Waals surface area contributed by atoms with Gasteiger partial charge in [-0.3, -0.25) is 4.90 Å². The monoisotopic (exact) mass is 438 g/mol. The van der Waals surface area contributed by atoms with Gasteiger partial charge in [0, 0.05) is 6.04 Å². The lowest BCUT2D eigenvalue weighted by molar-refractivity contribution is -0.0494. The number of nitrogens with two attached hydrogens (primary N) is 1.